The maximum atomic E-state index is 9.49. The number of hydrogen-bond acceptors (Lipinski definition) is 4. The number of likely N-dealkylation sites (N-methyl/N-ethyl adjacent to an activating group) is 1. The third-order valence-electron chi connectivity index (χ3n) is 4.06. The van der Waals surface area contributed by atoms with Crippen LogP contribution >= 0.6 is 0 Å². The van der Waals surface area contributed by atoms with Crippen molar-refractivity contribution in [2.45, 2.75) is 12.6 Å². The average Bonchev–Trinajstić information content (AvgIpc) is 2.83. The van der Waals surface area contributed by atoms with Crippen molar-refractivity contribution >= 4 is 5.52 Å². The monoisotopic (exact) mass is 298 g/mol. The molecule has 2 aromatic rings. The molecule has 3 heterocycles. The Morgan fingerprint density at radius 1 is 1.41 bits per heavy atom. The van der Waals surface area contributed by atoms with Crippen molar-refractivity contribution in [1.29, 1.82) is 5.26 Å². The summed E-state index contributed by atoms with van der Waals surface area (Å²) in [5.74, 6) is 0. The van der Waals surface area contributed by atoms with Crippen LogP contribution in [0.4, 0.5) is 0 Å². The number of nitrogens with zero attached hydrogens (tertiary/aromatic N) is 4. The van der Waals surface area contributed by atoms with Crippen LogP contribution in [0.5, 0.6) is 0 Å². The van der Waals surface area contributed by atoms with Crippen molar-refractivity contribution in [2.24, 2.45) is 0 Å². The topological polar surface area (TPSA) is 43.9 Å². The van der Waals surface area contributed by atoms with Gasteiger partial charge in [0.2, 0.25) is 0 Å². The summed E-state index contributed by atoms with van der Waals surface area (Å²) in [6.45, 7) is 4.32. The summed E-state index contributed by atoms with van der Waals surface area (Å²) in [5, 5.41) is 9.49. The second-order valence-corrected chi connectivity index (χ2v) is 6.12. The van der Waals surface area contributed by atoms with Gasteiger partial charge in [-0.25, -0.2) is 0 Å². The minimum atomic E-state index is 0.242. The van der Waals surface area contributed by atoms with Gasteiger partial charge in [0, 0.05) is 44.1 Å². The number of aromatic nitrogens is 1. The summed E-state index contributed by atoms with van der Waals surface area (Å²) in [6.07, 6.45) is 4.31. The number of pyridine rings is 1. The number of morpholine rings is 1. The van der Waals surface area contributed by atoms with E-state index in [1.165, 1.54) is 0 Å². The fourth-order valence-corrected chi connectivity index (χ4v) is 3.11. The number of hydrogen-bond donors (Lipinski definition) is 0. The van der Waals surface area contributed by atoms with Gasteiger partial charge in [0.05, 0.1) is 23.8 Å². The van der Waals surface area contributed by atoms with Gasteiger partial charge in [-0.3, -0.25) is 4.90 Å². The molecule has 0 radical (unpaired) electrons. The van der Waals surface area contributed by atoms with E-state index in [9.17, 15) is 5.26 Å². The van der Waals surface area contributed by atoms with Gasteiger partial charge < -0.3 is 14.0 Å². The molecule has 0 unspecified atom stereocenters. The lowest BCUT2D eigenvalue weighted by molar-refractivity contribution is -0.0406. The molecule has 2 aromatic heterocycles. The van der Waals surface area contributed by atoms with Crippen molar-refractivity contribution in [3.63, 3.8) is 0 Å². The largest absolute Gasteiger partial charge is 0.374 e. The average molecular weight is 298 g/mol. The summed E-state index contributed by atoms with van der Waals surface area (Å²) < 4.78 is 7.85. The lowest BCUT2D eigenvalue weighted by atomic mass is 10.1. The van der Waals surface area contributed by atoms with Crippen LogP contribution in [0, 0.1) is 11.3 Å². The Morgan fingerprint density at radius 3 is 3.05 bits per heavy atom. The van der Waals surface area contributed by atoms with E-state index in [2.05, 4.69) is 36.2 Å². The number of rotatable bonds is 4. The molecule has 0 N–H and O–H groups in total. The van der Waals surface area contributed by atoms with Crippen molar-refractivity contribution in [3.8, 4) is 6.07 Å². The normalized spacial score (nSPS) is 19.6. The molecule has 1 aliphatic rings. The van der Waals surface area contributed by atoms with E-state index in [1.54, 1.807) is 0 Å². The van der Waals surface area contributed by atoms with Crippen molar-refractivity contribution < 1.29 is 4.74 Å². The molecular weight excluding hydrogens is 276 g/mol. The predicted molar refractivity (Wildman–Crippen MR) is 85.7 cm³/mol. The lowest BCUT2D eigenvalue weighted by Crippen LogP contribution is -2.46. The zero-order valence-electron chi connectivity index (χ0n) is 13.2. The fourth-order valence-electron chi connectivity index (χ4n) is 3.11. The van der Waals surface area contributed by atoms with Gasteiger partial charge >= 0.3 is 0 Å². The number of fused-ring (bicyclic) bond motifs is 1. The predicted octanol–water partition coefficient (Wildman–Crippen LogP) is 1.57. The van der Waals surface area contributed by atoms with Crippen LogP contribution < -0.4 is 0 Å². The standard InChI is InChI=1S/C17H22N4O/c1-19(2)12-15-13-20(7-8-22-15)10-14-11-21-6-4-3-5-17(21)16(14)9-18/h3-6,11,15H,7-8,10,12-13H2,1-2H3/t15-/m0/s1. The van der Waals surface area contributed by atoms with E-state index >= 15 is 0 Å². The van der Waals surface area contributed by atoms with Crippen LogP contribution in [0.2, 0.25) is 0 Å². The van der Waals surface area contributed by atoms with Crippen LogP contribution in [0.25, 0.3) is 5.52 Å². The Kier molecular flexibility index (Phi) is 4.44. The Morgan fingerprint density at radius 2 is 2.27 bits per heavy atom. The van der Waals surface area contributed by atoms with E-state index in [0.717, 1.165) is 49.4 Å². The molecule has 0 bridgehead atoms. The zero-order chi connectivity index (χ0) is 15.5. The quantitative estimate of drug-likeness (QED) is 0.859. The first-order valence-electron chi connectivity index (χ1n) is 7.64. The van der Waals surface area contributed by atoms with E-state index in [4.69, 9.17) is 4.74 Å². The van der Waals surface area contributed by atoms with Crippen molar-refractivity contribution in [2.75, 3.05) is 40.3 Å². The molecule has 22 heavy (non-hydrogen) atoms. The molecular formula is C17H22N4O. The summed E-state index contributed by atoms with van der Waals surface area (Å²) in [7, 11) is 4.13. The van der Waals surface area contributed by atoms with Gasteiger partial charge in [0.15, 0.2) is 0 Å². The Hall–Kier alpha value is -1.87. The highest BCUT2D eigenvalue weighted by molar-refractivity contribution is 5.65. The molecule has 1 fully saturated rings. The van der Waals surface area contributed by atoms with E-state index in [1.807, 2.05) is 28.8 Å². The van der Waals surface area contributed by atoms with Crippen LogP contribution in [0.15, 0.2) is 30.6 Å². The molecule has 0 aliphatic carbocycles. The van der Waals surface area contributed by atoms with Crippen LogP contribution in [-0.2, 0) is 11.3 Å². The minimum absolute atomic E-state index is 0.242. The first kappa shape index (κ1) is 15.0. The maximum absolute atomic E-state index is 9.49. The highest BCUT2D eigenvalue weighted by Crippen LogP contribution is 2.20. The van der Waals surface area contributed by atoms with Gasteiger partial charge in [0.25, 0.3) is 0 Å². The minimum Gasteiger partial charge on any atom is -0.374 e. The third-order valence-corrected chi connectivity index (χ3v) is 4.06. The number of ether oxygens (including phenoxy) is 1. The van der Waals surface area contributed by atoms with Gasteiger partial charge in [-0.2, -0.15) is 5.26 Å². The van der Waals surface area contributed by atoms with Crippen LogP contribution in [-0.4, -0.2) is 60.6 Å². The fraction of sp³-hybridized carbons (Fsp3) is 0.471. The second kappa shape index (κ2) is 6.49. The highest BCUT2D eigenvalue weighted by atomic mass is 16.5. The van der Waals surface area contributed by atoms with E-state index in [-0.39, 0.29) is 6.10 Å². The Labute approximate surface area is 131 Å². The SMILES string of the molecule is CN(C)C[C@H]1CN(Cc2cn3ccccc3c2C#N)CCO1. The molecule has 0 saturated carbocycles. The highest BCUT2D eigenvalue weighted by Gasteiger charge is 2.22. The lowest BCUT2D eigenvalue weighted by Gasteiger charge is -2.34. The van der Waals surface area contributed by atoms with Gasteiger partial charge in [-0.15, -0.1) is 0 Å². The molecule has 5 heteroatoms. The molecule has 5 nitrogen and oxygen atoms in total. The first-order valence-corrected chi connectivity index (χ1v) is 7.64. The molecule has 116 valence electrons. The summed E-state index contributed by atoms with van der Waals surface area (Å²) >= 11 is 0. The summed E-state index contributed by atoms with van der Waals surface area (Å²) in [4.78, 5) is 4.54. The van der Waals surface area contributed by atoms with E-state index < -0.39 is 0 Å². The smallest absolute Gasteiger partial charge is 0.102 e. The van der Waals surface area contributed by atoms with Gasteiger partial charge in [-0.1, -0.05) is 6.07 Å². The van der Waals surface area contributed by atoms with Crippen LogP contribution in [0.3, 0.4) is 0 Å². The van der Waals surface area contributed by atoms with Crippen LogP contribution in [0.1, 0.15) is 11.1 Å². The van der Waals surface area contributed by atoms with Crippen molar-refractivity contribution in [3.05, 3.63) is 41.7 Å². The Balaban J connectivity index is 1.77. The molecule has 1 atom stereocenters. The molecule has 0 aromatic carbocycles. The number of nitriles is 1. The molecule has 3 rings (SSSR count). The van der Waals surface area contributed by atoms with Crippen molar-refractivity contribution in [1.82, 2.24) is 14.2 Å². The van der Waals surface area contributed by atoms with Gasteiger partial charge in [0.1, 0.15) is 6.07 Å². The molecule has 0 amide bonds. The molecule has 1 aliphatic heterocycles. The molecule has 1 saturated heterocycles. The maximum Gasteiger partial charge on any atom is 0.102 e. The summed E-state index contributed by atoms with van der Waals surface area (Å²) in [5.41, 5.74) is 2.87. The van der Waals surface area contributed by atoms with Gasteiger partial charge in [-0.05, 0) is 26.2 Å². The summed E-state index contributed by atoms with van der Waals surface area (Å²) in [6, 6.07) is 8.32. The second-order valence-electron chi connectivity index (χ2n) is 6.12. The van der Waals surface area contributed by atoms with E-state index in [0.29, 0.717) is 0 Å². The first-order chi connectivity index (χ1) is 10.7. The Bertz CT molecular complexity index is 686. The molecule has 0 spiro atoms. The zero-order valence-corrected chi connectivity index (χ0v) is 13.2. The third kappa shape index (κ3) is 3.14.